The molecule has 6 rings (SSSR count). The highest BCUT2D eigenvalue weighted by Gasteiger charge is 2.34. The summed E-state index contributed by atoms with van der Waals surface area (Å²) in [7, 11) is 2.13. The number of aryl methyl sites for hydroxylation is 1. The predicted molar refractivity (Wildman–Crippen MR) is 174 cm³/mol. The Balaban J connectivity index is 1.32. The Kier molecular flexibility index (Phi) is 8.99. The molecule has 0 spiro atoms. The topological polar surface area (TPSA) is 106 Å². The van der Waals surface area contributed by atoms with Crippen LogP contribution in [0.1, 0.15) is 43.0 Å². The summed E-state index contributed by atoms with van der Waals surface area (Å²) in [4.78, 5) is 43.0. The summed E-state index contributed by atoms with van der Waals surface area (Å²) in [6, 6.07) is 15.5. The summed E-state index contributed by atoms with van der Waals surface area (Å²) < 4.78 is 6.31. The van der Waals surface area contributed by atoms with Gasteiger partial charge in [-0.25, -0.2) is 0 Å². The van der Waals surface area contributed by atoms with Crippen molar-refractivity contribution in [3.63, 3.8) is 0 Å². The van der Waals surface area contributed by atoms with Gasteiger partial charge in [0.2, 0.25) is 5.91 Å². The van der Waals surface area contributed by atoms with Crippen molar-refractivity contribution in [1.29, 1.82) is 5.26 Å². The van der Waals surface area contributed by atoms with Crippen molar-refractivity contribution in [1.82, 2.24) is 19.8 Å². The van der Waals surface area contributed by atoms with Crippen LogP contribution >= 0.6 is 0 Å². The molecule has 2 aromatic carbocycles. The summed E-state index contributed by atoms with van der Waals surface area (Å²) in [6.07, 6.45) is 5.80. The fraction of sp³-hybridized carbons (Fsp3) is 0.457. The Hall–Kier alpha value is -4.49. The fourth-order valence-electron chi connectivity index (χ4n) is 6.95. The van der Waals surface area contributed by atoms with Crippen LogP contribution in [0.2, 0.25) is 0 Å². The molecule has 2 atom stereocenters. The largest absolute Gasteiger partial charge is 0.462 e. The molecule has 0 aliphatic carbocycles. The first-order valence-electron chi connectivity index (χ1n) is 15.9. The zero-order valence-electron chi connectivity index (χ0n) is 26.4. The first-order valence-corrected chi connectivity index (χ1v) is 15.9. The van der Waals surface area contributed by atoms with Gasteiger partial charge in [0.15, 0.2) is 5.78 Å². The van der Waals surface area contributed by atoms with Crippen molar-refractivity contribution < 1.29 is 14.3 Å². The average molecular weight is 608 g/mol. The molecule has 3 aliphatic rings. The van der Waals surface area contributed by atoms with Crippen LogP contribution in [0, 0.1) is 18.3 Å². The quantitative estimate of drug-likeness (QED) is 0.351. The van der Waals surface area contributed by atoms with Crippen molar-refractivity contribution in [2.24, 2.45) is 0 Å². The number of ketones is 1. The second-order valence-corrected chi connectivity index (χ2v) is 12.4. The molecular formula is C35H41N7O3. The average Bonchev–Trinajstić information content (AvgIpc) is 3.46. The van der Waals surface area contributed by atoms with Crippen molar-refractivity contribution >= 4 is 34.0 Å². The standard InChI is InChI=1S/C35H41N7O3/c1-24-7-4-8-26-9-5-11-31(33(24)26)40-18-15-29-30(22-40)37-35(45-23-28-10-6-17-39(28)3)38-34(29)41-19-20-42(27(21-41)14-16-36)32(44)13-12-25(2)43/h4-5,7-9,11-13,27-28H,6,10,14-15,17-23H2,1-3H3/b13-12+/t27-,28-/m0/s1. The van der Waals surface area contributed by atoms with Crippen LogP contribution in [-0.4, -0.2) is 89.9 Å². The maximum atomic E-state index is 12.9. The molecule has 234 valence electrons. The lowest BCUT2D eigenvalue weighted by atomic mass is 9.99. The number of anilines is 2. The molecule has 2 fully saturated rings. The number of likely N-dealkylation sites (tertiary alicyclic amines) is 1. The van der Waals surface area contributed by atoms with Crippen molar-refractivity contribution in [3.05, 3.63) is 65.4 Å². The lowest BCUT2D eigenvalue weighted by molar-refractivity contribution is -0.128. The molecule has 0 unspecified atom stereocenters. The van der Waals surface area contributed by atoms with Gasteiger partial charge < -0.3 is 24.3 Å². The highest BCUT2D eigenvalue weighted by Crippen LogP contribution is 2.36. The number of rotatable bonds is 8. The Labute approximate surface area is 264 Å². The Bertz CT molecular complexity index is 1660. The lowest BCUT2D eigenvalue weighted by Gasteiger charge is -2.42. The van der Waals surface area contributed by atoms with Gasteiger partial charge in [-0.1, -0.05) is 30.3 Å². The zero-order chi connectivity index (χ0) is 31.5. The van der Waals surface area contributed by atoms with Crippen molar-refractivity contribution in [2.75, 3.05) is 56.2 Å². The lowest BCUT2D eigenvalue weighted by Crippen LogP contribution is -2.55. The number of fused-ring (bicyclic) bond motifs is 2. The van der Waals surface area contributed by atoms with E-state index >= 15 is 0 Å². The molecule has 4 heterocycles. The number of hydrogen-bond acceptors (Lipinski definition) is 9. The number of carbonyl (C=O) groups is 2. The van der Waals surface area contributed by atoms with Crippen LogP contribution < -0.4 is 14.5 Å². The van der Waals surface area contributed by atoms with Gasteiger partial charge in [0, 0.05) is 54.9 Å². The summed E-state index contributed by atoms with van der Waals surface area (Å²) in [5.74, 6) is 0.397. The molecule has 3 aliphatic heterocycles. The van der Waals surface area contributed by atoms with E-state index in [9.17, 15) is 14.9 Å². The molecule has 10 nitrogen and oxygen atoms in total. The highest BCUT2D eigenvalue weighted by molar-refractivity contribution is 5.97. The number of piperazine rings is 1. The van der Waals surface area contributed by atoms with Crippen LogP contribution in [-0.2, 0) is 22.6 Å². The smallest absolute Gasteiger partial charge is 0.318 e. The second-order valence-electron chi connectivity index (χ2n) is 12.4. The minimum absolute atomic E-state index is 0.185. The van der Waals surface area contributed by atoms with Gasteiger partial charge in [-0.3, -0.25) is 9.59 Å². The minimum atomic E-state index is -0.325. The van der Waals surface area contributed by atoms with Crippen LogP contribution in [0.4, 0.5) is 11.5 Å². The van der Waals surface area contributed by atoms with Gasteiger partial charge in [-0.2, -0.15) is 15.2 Å². The molecule has 45 heavy (non-hydrogen) atoms. The van der Waals surface area contributed by atoms with Gasteiger partial charge in [0.1, 0.15) is 12.4 Å². The maximum Gasteiger partial charge on any atom is 0.318 e. The summed E-state index contributed by atoms with van der Waals surface area (Å²) in [5.41, 5.74) is 4.49. The van der Waals surface area contributed by atoms with E-state index in [0.29, 0.717) is 44.8 Å². The van der Waals surface area contributed by atoms with Crippen LogP contribution in [0.15, 0.2) is 48.6 Å². The van der Waals surface area contributed by atoms with Gasteiger partial charge >= 0.3 is 6.01 Å². The fourth-order valence-corrected chi connectivity index (χ4v) is 6.95. The van der Waals surface area contributed by atoms with Crippen molar-refractivity contribution in [2.45, 2.75) is 58.2 Å². The van der Waals surface area contributed by atoms with Gasteiger partial charge in [-0.05, 0) is 69.8 Å². The third kappa shape index (κ3) is 6.50. The van der Waals surface area contributed by atoms with Crippen molar-refractivity contribution in [3.8, 4) is 12.1 Å². The van der Waals surface area contributed by atoms with E-state index in [0.717, 1.165) is 49.4 Å². The van der Waals surface area contributed by atoms with E-state index in [2.05, 4.69) is 71.1 Å². The van der Waals surface area contributed by atoms with Crippen LogP contribution in [0.3, 0.4) is 0 Å². The molecule has 1 amide bonds. The Morgan fingerprint density at radius 3 is 2.62 bits per heavy atom. The molecule has 0 N–H and O–H groups in total. The molecule has 1 aromatic heterocycles. The number of benzene rings is 2. The number of amides is 1. The number of aromatic nitrogens is 2. The number of hydrogen-bond donors (Lipinski definition) is 0. The normalized spacial score (nSPS) is 20.4. The molecule has 0 saturated carbocycles. The molecule has 0 bridgehead atoms. The number of carbonyl (C=O) groups excluding carboxylic acids is 2. The first kappa shape index (κ1) is 30.5. The molecule has 2 saturated heterocycles. The van der Waals surface area contributed by atoms with E-state index in [1.165, 1.54) is 41.1 Å². The van der Waals surface area contributed by atoms with Gasteiger partial charge in [0.05, 0.1) is 30.8 Å². The SMILES string of the molecule is CC(=O)/C=C/C(=O)N1CCN(c2nc(OC[C@@H]3CCCN3C)nc3c2CCN(c2cccc4cccc(C)c24)C3)C[C@@H]1CC#N. The summed E-state index contributed by atoms with van der Waals surface area (Å²) >= 11 is 0. The molecule has 10 heteroatoms. The van der Waals surface area contributed by atoms with E-state index in [1.807, 2.05) is 0 Å². The van der Waals surface area contributed by atoms with Crippen LogP contribution in [0.25, 0.3) is 10.8 Å². The third-order valence-electron chi connectivity index (χ3n) is 9.38. The second kappa shape index (κ2) is 13.2. The van der Waals surface area contributed by atoms with E-state index in [-0.39, 0.29) is 24.2 Å². The van der Waals surface area contributed by atoms with Gasteiger partial charge in [0.25, 0.3) is 0 Å². The molecule has 3 aromatic rings. The number of allylic oxidation sites excluding steroid dienone is 1. The molecular weight excluding hydrogens is 566 g/mol. The monoisotopic (exact) mass is 607 g/mol. The Morgan fingerprint density at radius 2 is 1.87 bits per heavy atom. The first-order chi connectivity index (χ1) is 21.8. The summed E-state index contributed by atoms with van der Waals surface area (Å²) in [5, 5.41) is 12.1. The van der Waals surface area contributed by atoms with E-state index < -0.39 is 0 Å². The molecule has 0 radical (unpaired) electrons. The van der Waals surface area contributed by atoms with Crippen LogP contribution in [0.5, 0.6) is 6.01 Å². The predicted octanol–water partition coefficient (Wildman–Crippen LogP) is 4.05. The highest BCUT2D eigenvalue weighted by atomic mass is 16.5. The number of nitriles is 1. The minimum Gasteiger partial charge on any atom is -0.462 e. The zero-order valence-corrected chi connectivity index (χ0v) is 26.4. The Morgan fingerprint density at radius 1 is 1.04 bits per heavy atom. The van der Waals surface area contributed by atoms with E-state index in [1.54, 1.807) is 4.90 Å². The third-order valence-corrected chi connectivity index (χ3v) is 9.38. The summed E-state index contributed by atoms with van der Waals surface area (Å²) in [6.45, 7) is 8.07. The van der Waals surface area contributed by atoms with Gasteiger partial charge in [-0.15, -0.1) is 0 Å². The number of likely N-dealkylation sites (N-methyl/N-ethyl adjacent to an activating group) is 1. The number of nitrogens with zero attached hydrogens (tertiary/aromatic N) is 7. The number of ether oxygens (including phenoxy) is 1. The maximum absolute atomic E-state index is 12.9. The van der Waals surface area contributed by atoms with E-state index in [4.69, 9.17) is 14.7 Å².